The Morgan fingerprint density at radius 3 is 2.90 bits per heavy atom. The smallest absolute Gasteiger partial charge is 0.252 e. The van der Waals surface area contributed by atoms with Crippen LogP contribution in [0.3, 0.4) is 0 Å². The molecule has 2 rings (SSSR count). The zero-order valence-electron chi connectivity index (χ0n) is 12.7. The Morgan fingerprint density at radius 1 is 1.52 bits per heavy atom. The number of nitrogens with zero attached hydrogens (tertiary/aromatic N) is 1. The summed E-state index contributed by atoms with van der Waals surface area (Å²) in [5.74, 6) is 0. The molecule has 21 heavy (non-hydrogen) atoms. The summed E-state index contributed by atoms with van der Waals surface area (Å²) in [6, 6.07) is 1.73. The molecule has 1 aliphatic heterocycles. The summed E-state index contributed by atoms with van der Waals surface area (Å²) in [4.78, 5) is 0.935. The molecule has 0 aliphatic carbocycles. The van der Waals surface area contributed by atoms with Crippen LogP contribution < -0.4 is 5.73 Å². The fourth-order valence-electron chi connectivity index (χ4n) is 2.49. The van der Waals surface area contributed by atoms with Gasteiger partial charge in [0.05, 0.1) is 6.10 Å². The van der Waals surface area contributed by atoms with E-state index in [1.54, 1.807) is 10.4 Å². The van der Waals surface area contributed by atoms with Crippen molar-refractivity contribution < 1.29 is 13.2 Å². The molecular weight excluding hydrogens is 308 g/mol. The van der Waals surface area contributed by atoms with Crippen molar-refractivity contribution in [1.82, 2.24) is 4.31 Å². The summed E-state index contributed by atoms with van der Waals surface area (Å²) in [7, 11) is -3.42. The minimum Gasteiger partial charge on any atom is -0.377 e. The van der Waals surface area contributed by atoms with E-state index in [0.717, 1.165) is 29.7 Å². The second-order valence-electron chi connectivity index (χ2n) is 5.37. The van der Waals surface area contributed by atoms with Crippen molar-refractivity contribution in [3.05, 3.63) is 16.5 Å². The maximum Gasteiger partial charge on any atom is 0.252 e. The van der Waals surface area contributed by atoms with E-state index < -0.39 is 10.0 Å². The van der Waals surface area contributed by atoms with Crippen LogP contribution in [0.1, 0.15) is 36.6 Å². The first-order valence-corrected chi connectivity index (χ1v) is 9.65. The zero-order chi connectivity index (χ0) is 15.5. The minimum atomic E-state index is -3.42. The van der Waals surface area contributed by atoms with Gasteiger partial charge >= 0.3 is 0 Å². The Kier molecular flexibility index (Phi) is 5.79. The molecule has 1 atom stereocenters. The predicted molar refractivity (Wildman–Crippen MR) is 85.0 cm³/mol. The molecule has 7 heteroatoms. The fraction of sp³-hybridized carbons (Fsp3) is 0.714. The second kappa shape index (κ2) is 7.19. The highest BCUT2D eigenvalue weighted by molar-refractivity contribution is 7.91. The molecule has 2 N–H and O–H groups in total. The molecule has 1 unspecified atom stereocenters. The Labute approximate surface area is 131 Å². The molecule has 0 radical (unpaired) electrons. The van der Waals surface area contributed by atoms with E-state index in [2.05, 4.69) is 6.92 Å². The summed E-state index contributed by atoms with van der Waals surface area (Å²) in [6.45, 7) is 6.06. The summed E-state index contributed by atoms with van der Waals surface area (Å²) in [6.07, 6.45) is 2.75. The first-order chi connectivity index (χ1) is 9.98. The van der Waals surface area contributed by atoms with Gasteiger partial charge in [0.25, 0.3) is 10.0 Å². The molecule has 120 valence electrons. The van der Waals surface area contributed by atoms with Gasteiger partial charge in [-0.2, -0.15) is 4.31 Å². The molecule has 0 amide bonds. The lowest BCUT2D eigenvalue weighted by Crippen LogP contribution is -2.43. The number of sulfonamides is 1. The molecule has 0 saturated carbocycles. The van der Waals surface area contributed by atoms with Crippen molar-refractivity contribution in [2.45, 2.75) is 50.0 Å². The maximum absolute atomic E-state index is 12.7. The van der Waals surface area contributed by atoms with Crippen LogP contribution in [0.2, 0.25) is 0 Å². The third-order valence-corrected chi connectivity index (χ3v) is 7.25. The first-order valence-electron chi connectivity index (χ1n) is 7.40. The van der Waals surface area contributed by atoms with Crippen molar-refractivity contribution >= 4 is 21.4 Å². The van der Waals surface area contributed by atoms with Crippen molar-refractivity contribution in [2.24, 2.45) is 5.73 Å². The largest absolute Gasteiger partial charge is 0.377 e. The second-order valence-corrected chi connectivity index (χ2v) is 8.68. The first kappa shape index (κ1) is 16.9. The highest BCUT2D eigenvalue weighted by Crippen LogP contribution is 2.30. The standard InChI is InChI=1S/C14H24N2O3S2/c1-3-7-19-12-5-4-6-16(10-12)21(17,18)14-8-11(2)13(9-15)20-14/h8,12H,3-7,9-10,15H2,1-2H3. The van der Waals surface area contributed by atoms with E-state index in [0.29, 0.717) is 30.5 Å². The predicted octanol–water partition coefficient (Wildman–Crippen LogP) is 2.09. The number of ether oxygens (including phenoxy) is 1. The molecule has 0 bridgehead atoms. The molecule has 0 aromatic carbocycles. The zero-order valence-corrected chi connectivity index (χ0v) is 14.3. The normalized spacial score (nSPS) is 20.8. The van der Waals surface area contributed by atoms with Gasteiger partial charge in [-0.05, 0) is 37.8 Å². The molecule has 1 aromatic rings. The lowest BCUT2D eigenvalue weighted by atomic mass is 10.1. The Hall–Kier alpha value is -0.470. The highest BCUT2D eigenvalue weighted by atomic mass is 32.2. The van der Waals surface area contributed by atoms with Crippen molar-refractivity contribution in [2.75, 3.05) is 19.7 Å². The number of hydrogen-bond acceptors (Lipinski definition) is 5. The topological polar surface area (TPSA) is 72.6 Å². The summed E-state index contributed by atoms with van der Waals surface area (Å²) in [5, 5.41) is 0. The van der Waals surface area contributed by atoms with Crippen LogP contribution in [0, 0.1) is 6.92 Å². The van der Waals surface area contributed by atoms with E-state index in [1.807, 2.05) is 6.92 Å². The summed E-state index contributed by atoms with van der Waals surface area (Å²) >= 11 is 1.28. The van der Waals surface area contributed by atoms with Gasteiger partial charge in [-0.3, -0.25) is 0 Å². The van der Waals surface area contributed by atoms with E-state index in [1.165, 1.54) is 11.3 Å². The number of aryl methyl sites for hydroxylation is 1. The minimum absolute atomic E-state index is 0.0171. The average molecular weight is 332 g/mol. The van der Waals surface area contributed by atoms with Gasteiger partial charge in [-0.1, -0.05) is 6.92 Å². The summed E-state index contributed by atoms with van der Waals surface area (Å²) in [5.41, 5.74) is 6.60. The SMILES string of the molecule is CCCOC1CCCN(S(=O)(=O)c2cc(C)c(CN)s2)C1. The van der Waals surface area contributed by atoms with Gasteiger partial charge in [0, 0.05) is 31.1 Å². The van der Waals surface area contributed by atoms with E-state index in [9.17, 15) is 8.42 Å². The van der Waals surface area contributed by atoms with Crippen LogP contribution in [0.5, 0.6) is 0 Å². The van der Waals surface area contributed by atoms with Gasteiger partial charge in [-0.15, -0.1) is 11.3 Å². The third-order valence-electron chi connectivity index (χ3n) is 3.68. The van der Waals surface area contributed by atoms with Gasteiger partial charge in [0.2, 0.25) is 0 Å². The molecule has 5 nitrogen and oxygen atoms in total. The molecule has 0 spiro atoms. The summed E-state index contributed by atoms with van der Waals surface area (Å²) < 4.78 is 33.1. The van der Waals surface area contributed by atoms with Crippen molar-refractivity contribution in [1.29, 1.82) is 0 Å². The van der Waals surface area contributed by atoms with Crippen LogP contribution in [0.25, 0.3) is 0 Å². The van der Waals surface area contributed by atoms with Crippen LogP contribution in [0.15, 0.2) is 10.3 Å². The van der Waals surface area contributed by atoms with Crippen molar-refractivity contribution in [3.63, 3.8) is 0 Å². The van der Waals surface area contributed by atoms with Crippen molar-refractivity contribution in [3.8, 4) is 0 Å². The van der Waals surface area contributed by atoms with Crippen LogP contribution in [-0.2, 0) is 21.3 Å². The quantitative estimate of drug-likeness (QED) is 0.866. The number of hydrogen-bond donors (Lipinski definition) is 1. The average Bonchev–Trinajstić information content (AvgIpc) is 2.87. The molecule has 1 saturated heterocycles. The lowest BCUT2D eigenvalue weighted by Gasteiger charge is -2.31. The fourth-order valence-corrected chi connectivity index (χ4v) is 5.62. The molecule has 1 fully saturated rings. The van der Waals surface area contributed by atoms with E-state index in [4.69, 9.17) is 10.5 Å². The number of thiophene rings is 1. The lowest BCUT2D eigenvalue weighted by molar-refractivity contribution is 0.0194. The molecule has 1 aromatic heterocycles. The number of nitrogens with two attached hydrogens (primary N) is 1. The van der Waals surface area contributed by atoms with E-state index >= 15 is 0 Å². The van der Waals surface area contributed by atoms with Gasteiger partial charge in [-0.25, -0.2) is 8.42 Å². The number of piperidine rings is 1. The van der Waals surface area contributed by atoms with Gasteiger partial charge in [0.15, 0.2) is 0 Å². The van der Waals surface area contributed by atoms with Crippen LogP contribution >= 0.6 is 11.3 Å². The highest BCUT2D eigenvalue weighted by Gasteiger charge is 2.32. The molecule has 2 heterocycles. The monoisotopic (exact) mass is 332 g/mol. The Balaban J connectivity index is 2.14. The van der Waals surface area contributed by atoms with Crippen LogP contribution in [-0.4, -0.2) is 38.5 Å². The van der Waals surface area contributed by atoms with Gasteiger partial charge < -0.3 is 10.5 Å². The molecule has 1 aliphatic rings. The molecular formula is C14H24N2O3S2. The number of rotatable bonds is 6. The van der Waals surface area contributed by atoms with E-state index in [-0.39, 0.29) is 6.10 Å². The Morgan fingerprint density at radius 2 is 2.29 bits per heavy atom. The third kappa shape index (κ3) is 3.84. The van der Waals surface area contributed by atoms with Crippen LogP contribution in [0.4, 0.5) is 0 Å². The Bertz CT molecular complexity index is 569. The maximum atomic E-state index is 12.7. The van der Waals surface area contributed by atoms with Gasteiger partial charge in [0.1, 0.15) is 4.21 Å².